The van der Waals surface area contributed by atoms with Crippen LogP contribution in [0.1, 0.15) is 23.2 Å². The maximum Gasteiger partial charge on any atom is 0.288 e. The van der Waals surface area contributed by atoms with Gasteiger partial charge in [0.15, 0.2) is 0 Å². The molecule has 20 heavy (non-hydrogen) atoms. The first kappa shape index (κ1) is 13.3. The van der Waals surface area contributed by atoms with Gasteiger partial charge in [-0.3, -0.25) is 14.9 Å². The Hall–Kier alpha value is -1.73. The zero-order chi connectivity index (χ0) is 14.3. The van der Waals surface area contributed by atoms with Gasteiger partial charge in [-0.2, -0.15) is 0 Å². The van der Waals surface area contributed by atoms with Crippen molar-refractivity contribution in [1.29, 1.82) is 0 Å². The molecule has 0 aliphatic carbocycles. The second kappa shape index (κ2) is 4.99. The molecule has 1 aromatic rings. The molecule has 2 fully saturated rings. The molecule has 106 valence electrons. The van der Waals surface area contributed by atoms with E-state index in [0.29, 0.717) is 13.1 Å². The lowest BCUT2D eigenvalue weighted by Crippen LogP contribution is -2.45. The van der Waals surface area contributed by atoms with Crippen molar-refractivity contribution < 1.29 is 14.5 Å². The molecular formula is C12H12ClN3O4. The Balaban J connectivity index is 1.86. The molecule has 0 spiro atoms. The molecular weight excluding hydrogens is 286 g/mol. The average Bonchev–Trinajstić information content (AvgIpc) is 2.77. The van der Waals surface area contributed by atoms with E-state index < -0.39 is 4.92 Å². The number of pyridine rings is 1. The smallest absolute Gasteiger partial charge is 0.288 e. The Morgan fingerprint density at radius 1 is 1.45 bits per heavy atom. The molecule has 0 N–H and O–H groups in total. The molecule has 0 radical (unpaired) electrons. The van der Waals surface area contributed by atoms with Crippen LogP contribution in [0.25, 0.3) is 0 Å². The van der Waals surface area contributed by atoms with Crippen LogP contribution >= 0.6 is 11.6 Å². The SMILES string of the molecule is O=C(c1cc([N+](=O)[O-])cnc1Cl)N1CC2CCC(C1)O2. The maximum absolute atomic E-state index is 12.4. The zero-order valence-corrected chi connectivity index (χ0v) is 11.2. The number of carbonyl (C=O) groups is 1. The standard InChI is InChI=1S/C12H12ClN3O4/c13-11-10(3-7(4-14-11)16(18)19)12(17)15-5-8-1-2-9(6-15)20-8/h3-4,8-9H,1-2,5-6H2. The quantitative estimate of drug-likeness (QED) is 0.470. The van der Waals surface area contributed by atoms with Gasteiger partial charge in [-0.1, -0.05) is 11.6 Å². The summed E-state index contributed by atoms with van der Waals surface area (Å²) in [5.74, 6) is -0.327. The van der Waals surface area contributed by atoms with Gasteiger partial charge in [0.05, 0.1) is 22.7 Å². The summed E-state index contributed by atoms with van der Waals surface area (Å²) in [6, 6.07) is 1.18. The summed E-state index contributed by atoms with van der Waals surface area (Å²) in [6.07, 6.45) is 3.04. The first-order chi connectivity index (χ1) is 9.54. The first-order valence-electron chi connectivity index (χ1n) is 6.29. The van der Waals surface area contributed by atoms with Crippen LogP contribution in [0.15, 0.2) is 12.3 Å². The Kier molecular flexibility index (Phi) is 3.31. The lowest BCUT2D eigenvalue weighted by atomic mass is 10.2. The number of halogens is 1. The maximum atomic E-state index is 12.4. The van der Waals surface area contributed by atoms with Crippen LogP contribution in [0.3, 0.4) is 0 Å². The minimum absolute atomic E-state index is 0.0144. The third-order valence-corrected chi connectivity index (χ3v) is 3.90. The number of morpholine rings is 1. The second-order valence-electron chi connectivity index (χ2n) is 4.96. The Morgan fingerprint density at radius 2 is 2.10 bits per heavy atom. The van der Waals surface area contributed by atoms with Gasteiger partial charge in [-0.15, -0.1) is 0 Å². The van der Waals surface area contributed by atoms with Crippen molar-refractivity contribution in [3.63, 3.8) is 0 Å². The highest BCUT2D eigenvalue weighted by atomic mass is 35.5. The lowest BCUT2D eigenvalue weighted by molar-refractivity contribution is -0.385. The van der Waals surface area contributed by atoms with E-state index in [-0.39, 0.29) is 34.5 Å². The number of hydrogen-bond acceptors (Lipinski definition) is 5. The van der Waals surface area contributed by atoms with Gasteiger partial charge in [0, 0.05) is 19.2 Å². The number of aromatic nitrogens is 1. The van der Waals surface area contributed by atoms with Crippen LogP contribution < -0.4 is 0 Å². The van der Waals surface area contributed by atoms with E-state index in [1.807, 2.05) is 0 Å². The Morgan fingerprint density at radius 3 is 2.70 bits per heavy atom. The summed E-state index contributed by atoms with van der Waals surface area (Å²) < 4.78 is 5.65. The van der Waals surface area contributed by atoms with Crippen LogP contribution in [-0.2, 0) is 4.74 Å². The minimum atomic E-state index is -0.594. The number of nitrogens with zero attached hydrogens (tertiary/aromatic N) is 3. The summed E-state index contributed by atoms with van der Waals surface area (Å²) >= 11 is 5.89. The third kappa shape index (κ3) is 2.34. The van der Waals surface area contributed by atoms with Gasteiger partial charge in [0.25, 0.3) is 11.6 Å². The molecule has 2 saturated heterocycles. The molecule has 2 bridgehead atoms. The van der Waals surface area contributed by atoms with Crippen molar-refractivity contribution in [2.45, 2.75) is 25.0 Å². The van der Waals surface area contributed by atoms with E-state index >= 15 is 0 Å². The van der Waals surface area contributed by atoms with E-state index in [1.165, 1.54) is 6.07 Å². The second-order valence-corrected chi connectivity index (χ2v) is 5.31. The number of rotatable bonds is 2. The fourth-order valence-corrected chi connectivity index (χ4v) is 2.82. The van der Waals surface area contributed by atoms with Crippen LogP contribution in [0.2, 0.25) is 5.15 Å². The molecule has 2 atom stereocenters. The molecule has 8 heteroatoms. The molecule has 2 aliphatic rings. The Labute approximate surface area is 119 Å². The topological polar surface area (TPSA) is 85.6 Å². The molecule has 3 heterocycles. The molecule has 1 aromatic heterocycles. The van der Waals surface area contributed by atoms with Crippen molar-refractivity contribution in [3.8, 4) is 0 Å². The number of amides is 1. The molecule has 0 saturated carbocycles. The summed E-state index contributed by atoms with van der Waals surface area (Å²) in [5, 5.41) is 10.7. The number of nitro groups is 1. The number of likely N-dealkylation sites (tertiary alicyclic amines) is 1. The van der Waals surface area contributed by atoms with Crippen molar-refractivity contribution in [2.75, 3.05) is 13.1 Å². The monoisotopic (exact) mass is 297 g/mol. The molecule has 2 unspecified atom stereocenters. The highest BCUT2D eigenvalue weighted by Gasteiger charge is 2.36. The van der Waals surface area contributed by atoms with Gasteiger partial charge in [-0.25, -0.2) is 4.98 Å². The highest BCUT2D eigenvalue weighted by Crippen LogP contribution is 2.28. The van der Waals surface area contributed by atoms with Crippen molar-refractivity contribution in [3.05, 3.63) is 33.1 Å². The van der Waals surface area contributed by atoms with Crippen LogP contribution in [0, 0.1) is 10.1 Å². The summed E-state index contributed by atoms with van der Waals surface area (Å²) in [4.78, 5) is 28.0. The number of carbonyl (C=O) groups excluding carboxylic acids is 1. The lowest BCUT2D eigenvalue weighted by Gasteiger charge is -2.32. The number of fused-ring (bicyclic) bond motifs is 2. The molecule has 0 aromatic carbocycles. The van der Waals surface area contributed by atoms with E-state index in [4.69, 9.17) is 16.3 Å². The van der Waals surface area contributed by atoms with Crippen molar-refractivity contribution in [2.24, 2.45) is 0 Å². The Bertz CT molecular complexity index is 568. The van der Waals surface area contributed by atoms with Gasteiger partial charge >= 0.3 is 0 Å². The molecule has 7 nitrogen and oxygen atoms in total. The minimum Gasteiger partial charge on any atom is -0.371 e. The third-order valence-electron chi connectivity index (χ3n) is 3.60. The highest BCUT2D eigenvalue weighted by molar-refractivity contribution is 6.32. The fourth-order valence-electron chi connectivity index (χ4n) is 2.64. The van der Waals surface area contributed by atoms with Crippen molar-refractivity contribution in [1.82, 2.24) is 9.88 Å². The average molecular weight is 298 g/mol. The molecule has 3 rings (SSSR count). The van der Waals surface area contributed by atoms with E-state index in [0.717, 1.165) is 19.0 Å². The number of ether oxygens (including phenoxy) is 1. The zero-order valence-electron chi connectivity index (χ0n) is 10.5. The summed E-state index contributed by atoms with van der Waals surface area (Å²) in [6.45, 7) is 0.989. The van der Waals surface area contributed by atoms with Gasteiger partial charge < -0.3 is 9.64 Å². The van der Waals surface area contributed by atoms with Gasteiger partial charge in [-0.05, 0) is 12.8 Å². The predicted molar refractivity (Wildman–Crippen MR) is 69.7 cm³/mol. The molecule has 2 aliphatic heterocycles. The summed E-state index contributed by atoms with van der Waals surface area (Å²) in [5.41, 5.74) is -0.170. The van der Waals surface area contributed by atoms with E-state index in [9.17, 15) is 14.9 Å². The summed E-state index contributed by atoms with van der Waals surface area (Å²) in [7, 11) is 0. The fraction of sp³-hybridized carbons (Fsp3) is 0.500. The van der Waals surface area contributed by atoms with Gasteiger partial charge in [0.2, 0.25) is 0 Å². The van der Waals surface area contributed by atoms with E-state index in [1.54, 1.807) is 4.90 Å². The van der Waals surface area contributed by atoms with Crippen LogP contribution in [-0.4, -0.2) is 46.0 Å². The predicted octanol–water partition coefficient (Wildman–Crippen LogP) is 1.65. The molecule has 1 amide bonds. The number of hydrogen-bond donors (Lipinski definition) is 0. The largest absolute Gasteiger partial charge is 0.371 e. The van der Waals surface area contributed by atoms with Gasteiger partial charge in [0.1, 0.15) is 11.3 Å². The first-order valence-corrected chi connectivity index (χ1v) is 6.67. The van der Waals surface area contributed by atoms with Crippen LogP contribution in [0.4, 0.5) is 5.69 Å². The van der Waals surface area contributed by atoms with Crippen LogP contribution in [0.5, 0.6) is 0 Å². The van der Waals surface area contributed by atoms with E-state index in [2.05, 4.69) is 4.98 Å². The normalized spacial score (nSPS) is 24.8. The van der Waals surface area contributed by atoms with Crippen molar-refractivity contribution >= 4 is 23.2 Å².